The lowest BCUT2D eigenvalue weighted by Gasteiger charge is -2.01. The van der Waals surface area contributed by atoms with Crippen molar-refractivity contribution in [3.63, 3.8) is 0 Å². The Balaban J connectivity index is 2.17. The fourth-order valence-electron chi connectivity index (χ4n) is 2.27. The van der Waals surface area contributed by atoms with Crippen LogP contribution in [0.1, 0.15) is 10.5 Å². The molecular weight excluding hydrogens is 258 g/mol. The Labute approximate surface area is 114 Å². The molecule has 6 nitrogen and oxygen atoms in total. The maximum Gasteiger partial charge on any atom is 0.356 e. The van der Waals surface area contributed by atoms with E-state index in [-0.39, 0.29) is 5.69 Å². The molecule has 0 aliphatic heterocycles. The number of aromatic carboxylic acids is 1. The Morgan fingerprint density at radius 3 is 2.85 bits per heavy atom. The minimum atomic E-state index is -1.03. The molecular formula is C14H13N3O3. The second kappa shape index (κ2) is 4.41. The maximum absolute atomic E-state index is 11.0. The van der Waals surface area contributed by atoms with Gasteiger partial charge in [-0.2, -0.15) is 5.10 Å². The number of nitrogens with one attached hydrogen (secondary N) is 1. The Morgan fingerprint density at radius 2 is 2.20 bits per heavy atom. The quantitative estimate of drug-likeness (QED) is 0.765. The van der Waals surface area contributed by atoms with Gasteiger partial charge >= 0.3 is 5.97 Å². The number of rotatable bonds is 3. The molecule has 1 aromatic carbocycles. The van der Waals surface area contributed by atoms with Crippen molar-refractivity contribution in [3.8, 4) is 17.0 Å². The zero-order chi connectivity index (χ0) is 14.3. The van der Waals surface area contributed by atoms with Gasteiger partial charge in [0, 0.05) is 35.8 Å². The standard InChI is InChI=1S/C14H13N3O3/c1-17-13(6-12(16-17)14(18)19)10-7-15-11-5-8(20-2)3-4-9(10)11/h3-7,15H,1-2H3,(H,18,19). The number of H-pyrrole nitrogens is 1. The number of aromatic nitrogens is 3. The zero-order valence-corrected chi connectivity index (χ0v) is 11.0. The Morgan fingerprint density at radius 1 is 1.40 bits per heavy atom. The van der Waals surface area contributed by atoms with Crippen LogP contribution < -0.4 is 4.74 Å². The maximum atomic E-state index is 11.0. The number of carboxylic acids is 1. The minimum absolute atomic E-state index is 0.0327. The summed E-state index contributed by atoms with van der Waals surface area (Å²) in [5, 5.41) is 14.0. The summed E-state index contributed by atoms with van der Waals surface area (Å²) in [7, 11) is 3.34. The van der Waals surface area contributed by atoms with E-state index < -0.39 is 5.97 Å². The smallest absolute Gasteiger partial charge is 0.356 e. The first-order valence-electron chi connectivity index (χ1n) is 6.03. The first kappa shape index (κ1) is 12.3. The van der Waals surface area contributed by atoms with Gasteiger partial charge in [-0.25, -0.2) is 4.79 Å². The van der Waals surface area contributed by atoms with Crippen LogP contribution in [0, 0.1) is 0 Å². The van der Waals surface area contributed by atoms with Crippen molar-refractivity contribution in [3.05, 3.63) is 36.2 Å². The van der Waals surface area contributed by atoms with Gasteiger partial charge in [0.15, 0.2) is 5.69 Å². The Kier molecular flexibility index (Phi) is 2.71. The van der Waals surface area contributed by atoms with Gasteiger partial charge in [0.1, 0.15) is 5.75 Å². The van der Waals surface area contributed by atoms with Crippen LogP contribution in [0.4, 0.5) is 0 Å². The number of carbonyl (C=O) groups is 1. The number of aryl methyl sites for hydroxylation is 1. The molecule has 0 aliphatic rings. The molecule has 102 valence electrons. The molecule has 0 atom stereocenters. The number of hydrogen-bond donors (Lipinski definition) is 2. The predicted octanol–water partition coefficient (Wildman–Crippen LogP) is 2.28. The van der Waals surface area contributed by atoms with Crippen molar-refractivity contribution in [2.45, 2.75) is 0 Å². The molecule has 0 unspecified atom stereocenters. The second-order valence-electron chi connectivity index (χ2n) is 4.46. The van der Waals surface area contributed by atoms with Gasteiger partial charge in [-0.3, -0.25) is 4.68 Å². The van der Waals surface area contributed by atoms with E-state index in [0.717, 1.165) is 27.9 Å². The van der Waals surface area contributed by atoms with Crippen LogP contribution in [-0.4, -0.2) is 33.0 Å². The van der Waals surface area contributed by atoms with E-state index in [2.05, 4.69) is 10.1 Å². The Hall–Kier alpha value is -2.76. The van der Waals surface area contributed by atoms with Crippen molar-refractivity contribution in [2.24, 2.45) is 7.05 Å². The van der Waals surface area contributed by atoms with Crippen LogP contribution in [0.5, 0.6) is 5.75 Å². The van der Waals surface area contributed by atoms with Crippen LogP contribution in [0.15, 0.2) is 30.5 Å². The van der Waals surface area contributed by atoms with Crippen molar-refractivity contribution in [2.75, 3.05) is 7.11 Å². The predicted molar refractivity (Wildman–Crippen MR) is 74.0 cm³/mol. The van der Waals surface area contributed by atoms with Crippen LogP contribution in [0.25, 0.3) is 22.2 Å². The molecule has 3 rings (SSSR count). The summed E-state index contributed by atoms with van der Waals surface area (Å²) in [5.41, 5.74) is 2.62. The highest BCUT2D eigenvalue weighted by Gasteiger charge is 2.15. The van der Waals surface area contributed by atoms with E-state index in [4.69, 9.17) is 9.84 Å². The number of aromatic amines is 1. The lowest BCUT2D eigenvalue weighted by atomic mass is 10.1. The van der Waals surface area contributed by atoms with Crippen molar-refractivity contribution < 1.29 is 14.6 Å². The summed E-state index contributed by atoms with van der Waals surface area (Å²) in [6.07, 6.45) is 1.84. The lowest BCUT2D eigenvalue weighted by molar-refractivity contribution is 0.0689. The Bertz CT molecular complexity index is 801. The topological polar surface area (TPSA) is 80.1 Å². The molecule has 0 fully saturated rings. The van der Waals surface area contributed by atoms with E-state index in [1.54, 1.807) is 24.9 Å². The molecule has 0 radical (unpaired) electrons. The van der Waals surface area contributed by atoms with Crippen LogP contribution in [0.2, 0.25) is 0 Å². The van der Waals surface area contributed by atoms with E-state index in [9.17, 15) is 4.79 Å². The first-order valence-corrected chi connectivity index (χ1v) is 6.03. The monoisotopic (exact) mass is 271 g/mol. The summed E-state index contributed by atoms with van der Waals surface area (Å²) in [6.45, 7) is 0. The summed E-state index contributed by atoms with van der Waals surface area (Å²) >= 11 is 0. The van der Waals surface area contributed by atoms with Gasteiger partial charge in [0.05, 0.1) is 12.8 Å². The SMILES string of the molecule is COc1ccc2c(-c3cc(C(=O)O)nn3C)c[nH]c2c1. The third kappa shape index (κ3) is 1.82. The normalized spacial score (nSPS) is 10.9. The van der Waals surface area contributed by atoms with Crippen molar-refractivity contribution in [1.82, 2.24) is 14.8 Å². The highest BCUT2D eigenvalue weighted by atomic mass is 16.5. The largest absolute Gasteiger partial charge is 0.497 e. The molecule has 2 aromatic heterocycles. The summed E-state index contributed by atoms with van der Waals surface area (Å²) < 4.78 is 6.75. The van der Waals surface area contributed by atoms with Crippen LogP contribution in [-0.2, 0) is 7.05 Å². The van der Waals surface area contributed by atoms with Crippen LogP contribution in [0.3, 0.4) is 0 Å². The van der Waals surface area contributed by atoms with Crippen molar-refractivity contribution >= 4 is 16.9 Å². The average Bonchev–Trinajstić information content (AvgIpc) is 3.01. The number of fused-ring (bicyclic) bond motifs is 1. The molecule has 3 aromatic rings. The minimum Gasteiger partial charge on any atom is -0.497 e. The fraction of sp³-hybridized carbons (Fsp3) is 0.143. The number of methoxy groups -OCH3 is 1. The van der Waals surface area contributed by atoms with E-state index in [0.29, 0.717) is 0 Å². The van der Waals surface area contributed by atoms with Gasteiger partial charge < -0.3 is 14.8 Å². The van der Waals surface area contributed by atoms with Gasteiger partial charge in [0.25, 0.3) is 0 Å². The van der Waals surface area contributed by atoms with Crippen molar-refractivity contribution in [1.29, 1.82) is 0 Å². The van der Waals surface area contributed by atoms with Crippen LogP contribution >= 0.6 is 0 Å². The first-order chi connectivity index (χ1) is 9.60. The third-order valence-corrected chi connectivity index (χ3v) is 3.26. The highest BCUT2D eigenvalue weighted by Crippen LogP contribution is 2.30. The zero-order valence-electron chi connectivity index (χ0n) is 11.0. The molecule has 6 heteroatoms. The van der Waals surface area contributed by atoms with E-state index in [1.165, 1.54) is 0 Å². The summed E-state index contributed by atoms with van der Waals surface area (Å²) in [5.74, 6) is -0.268. The van der Waals surface area contributed by atoms with Gasteiger partial charge in [-0.15, -0.1) is 0 Å². The van der Waals surface area contributed by atoms with Gasteiger partial charge in [-0.05, 0) is 18.2 Å². The number of carboxylic acid groups (broad SMARTS) is 1. The second-order valence-corrected chi connectivity index (χ2v) is 4.46. The third-order valence-electron chi connectivity index (χ3n) is 3.26. The van der Waals surface area contributed by atoms with E-state index >= 15 is 0 Å². The van der Waals surface area contributed by atoms with Gasteiger partial charge in [0.2, 0.25) is 0 Å². The number of nitrogens with zero attached hydrogens (tertiary/aromatic N) is 2. The average molecular weight is 271 g/mol. The van der Waals surface area contributed by atoms with E-state index in [1.807, 2.05) is 24.4 Å². The lowest BCUT2D eigenvalue weighted by Crippen LogP contribution is -1.99. The molecule has 2 N–H and O–H groups in total. The molecule has 0 bridgehead atoms. The molecule has 2 heterocycles. The summed E-state index contributed by atoms with van der Waals surface area (Å²) in [4.78, 5) is 14.1. The molecule has 0 saturated heterocycles. The van der Waals surface area contributed by atoms with Gasteiger partial charge in [-0.1, -0.05) is 0 Å². The molecule has 0 amide bonds. The summed E-state index contributed by atoms with van der Waals surface area (Å²) in [6, 6.07) is 7.27. The number of benzene rings is 1. The molecule has 20 heavy (non-hydrogen) atoms. The fourth-order valence-corrected chi connectivity index (χ4v) is 2.27. The highest BCUT2D eigenvalue weighted by molar-refractivity contribution is 5.96. The molecule has 0 saturated carbocycles. The molecule has 0 aliphatic carbocycles. The number of ether oxygens (including phenoxy) is 1. The number of hydrogen-bond acceptors (Lipinski definition) is 3. The molecule has 0 spiro atoms.